The zero-order valence-electron chi connectivity index (χ0n) is 10.8. The largest absolute Gasteiger partial charge is 0.396 e. The lowest BCUT2D eigenvalue weighted by atomic mass is 9.79. The van der Waals surface area contributed by atoms with Crippen LogP contribution in [0.3, 0.4) is 0 Å². The summed E-state index contributed by atoms with van der Waals surface area (Å²) in [6.45, 7) is 6.83. The van der Waals surface area contributed by atoms with Gasteiger partial charge in [0.1, 0.15) is 0 Å². The molecule has 2 rings (SSSR count). The Morgan fingerprint density at radius 3 is 2.41 bits per heavy atom. The van der Waals surface area contributed by atoms with Crippen molar-refractivity contribution in [3.63, 3.8) is 0 Å². The van der Waals surface area contributed by atoms with Crippen molar-refractivity contribution in [2.45, 2.75) is 26.2 Å². The highest BCUT2D eigenvalue weighted by Crippen LogP contribution is 2.40. The topological polar surface area (TPSA) is 52.9 Å². The van der Waals surface area contributed by atoms with Crippen LogP contribution in [0.15, 0.2) is 0 Å². The van der Waals surface area contributed by atoms with Crippen LogP contribution < -0.4 is 0 Å². The highest BCUT2D eigenvalue weighted by Gasteiger charge is 2.40. The summed E-state index contributed by atoms with van der Waals surface area (Å²) in [7, 11) is 0. The third kappa shape index (κ3) is 2.99. The average molecular weight is 243 g/mol. The number of hydrogen-bond acceptors (Lipinski definition) is 4. The van der Waals surface area contributed by atoms with E-state index in [9.17, 15) is 10.2 Å². The molecule has 4 heteroatoms. The molecule has 0 aromatic heterocycles. The van der Waals surface area contributed by atoms with E-state index in [1.54, 1.807) is 0 Å². The highest BCUT2D eigenvalue weighted by atomic mass is 16.5. The lowest BCUT2D eigenvalue weighted by Gasteiger charge is -2.35. The fraction of sp³-hybridized carbons (Fsp3) is 1.00. The van der Waals surface area contributed by atoms with Crippen LogP contribution in [0.4, 0.5) is 0 Å². The van der Waals surface area contributed by atoms with Gasteiger partial charge in [0, 0.05) is 31.7 Å². The molecule has 17 heavy (non-hydrogen) atoms. The van der Waals surface area contributed by atoms with Gasteiger partial charge in [0.2, 0.25) is 0 Å². The lowest BCUT2D eigenvalue weighted by molar-refractivity contribution is 0.00918. The van der Waals surface area contributed by atoms with Gasteiger partial charge in [-0.1, -0.05) is 6.92 Å². The molecule has 2 heterocycles. The molecule has 1 spiro atoms. The van der Waals surface area contributed by atoms with Gasteiger partial charge in [0.15, 0.2) is 0 Å². The molecule has 100 valence electrons. The molecule has 0 bridgehead atoms. The van der Waals surface area contributed by atoms with Crippen molar-refractivity contribution in [2.24, 2.45) is 10.8 Å². The Kier molecular flexibility index (Phi) is 4.08. The Morgan fingerprint density at radius 2 is 1.82 bits per heavy atom. The van der Waals surface area contributed by atoms with Crippen molar-refractivity contribution in [3.8, 4) is 0 Å². The molecule has 2 fully saturated rings. The van der Waals surface area contributed by atoms with Gasteiger partial charge in [-0.2, -0.15) is 0 Å². The zero-order valence-corrected chi connectivity index (χ0v) is 10.8. The second-order valence-electron chi connectivity index (χ2n) is 6.20. The Hall–Kier alpha value is -0.160. The Labute approximate surface area is 104 Å². The summed E-state index contributed by atoms with van der Waals surface area (Å²) in [5.41, 5.74) is 0.0841. The van der Waals surface area contributed by atoms with E-state index in [1.807, 2.05) is 6.92 Å². The third-order valence-corrected chi connectivity index (χ3v) is 4.44. The smallest absolute Gasteiger partial charge is 0.0519 e. The minimum absolute atomic E-state index is 0.0517. The van der Waals surface area contributed by atoms with E-state index in [0.717, 1.165) is 32.8 Å². The summed E-state index contributed by atoms with van der Waals surface area (Å²) in [4.78, 5) is 2.40. The van der Waals surface area contributed by atoms with E-state index in [1.165, 1.54) is 19.3 Å². The molecular weight excluding hydrogens is 218 g/mol. The van der Waals surface area contributed by atoms with Crippen molar-refractivity contribution in [2.75, 3.05) is 46.1 Å². The van der Waals surface area contributed by atoms with Crippen LogP contribution in [0.25, 0.3) is 0 Å². The van der Waals surface area contributed by atoms with E-state index in [2.05, 4.69) is 4.90 Å². The van der Waals surface area contributed by atoms with Crippen LogP contribution in [-0.2, 0) is 4.74 Å². The van der Waals surface area contributed by atoms with E-state index < -0.39 is 0 Å². The first-order valence-electron chi connectivity index (χ1n) is 6.63. The SMILES string of the molecule is CC(CO)(CO)CN1CCC2(CCOCC2)C1. The molecule has 0 radical (unpaired) electrons. The maximum absolute atomic E-state index is 9.34. The van der Waals surface area contributed by atoms with Gasteiger partial charge < -0.3 is 19.8 Å². The highest BCUT2D eigenvalue weighted by molar-refractivity contribution is 4.93. The number of nitrogens with zero attached hydrogens (tertiary/aromatic N) is 1. The minimum Gasteiger partial charge on any atom is -0.396 e. The molecule has 2 saturated heterocycles. The van der Waals surface area contributed by atoms with Gasteiger partial charge in [-0.05, 0) is 31.2 Å². The van der Waals surface area contributed by atoms with Gasteiger partial charge in [-0.25, -0.2) is 0 Å². The molecule has 0 unspecified atom stereocenters. The van der Waals surface area contributed by atoms with Gasteiger partial charge in [0.25, 0.3) is 0 Å². The first-order chi connectivity index (χ1) is 8.11. The fourth-order valence-corrected chi connectivity index (χ4v) is 3.07. The van der Waals surface area contributed by atoms with Crippen molar-refractivity contribution in [3.05, 3.63) is 0 Å². The first kappa shape index (κ1) is 13.3. The predicted molar refractivity (Wildman–Crippen MR) is 65.8 cm³/mol. The van der Waals surface area contributed by atoms with Crippen LogP contribution in [0, 0.1) is 10.8 Å². The number of rotatable bonds is 4. The number of hydrogen-bond donors (Lipinski definition) is 2. The predicted octanol–water partition coefficient (Wildman–Crippen LogP) is 0.480. The molecule has 2 aliphatic rings. The van der Waals surface area contributed by atoms with Crippen molar-refractivity contribution < 1.29 is 14.9 Å². The van der Waals surface area contributed by atoms with Crippen molar-refractivity contribution in [1.82, 2.24) is 4.90 Å². The fourth-order valence-electron chi connectivity index (χ4n) is 3.07. The molecule has 0 atom stereocenters. The monoisotopic (exact) mass is 243 g/mol. The molecule has 0 aromatic carbocycles. The lowest BCUT2D eigenvalue weighted by Crippen LogP contribution is -2.41. The van der Waals surface area contributed by atoms with Gasteiger partial charge in [0.05, 0.1) is 13.2 Å². The molecule has 2 N–H and O–H groups in total. The molecule has 0 amide bonds. The van der Waals surface area contributed by atoms with Gasteiger partial charge in [-0.15, -0.1) is 0 Å². The van der Waals surface area contributed by atoms with Crippen molar-refractivity contribution in [1.29, 1.82) is 0 Å². The van der Waals surface area contributed by atoms with Crippen LogP contribution in [-0.4, -0.2) is 61.2 Å². The maximum Gasteiger partial charge on any atom is 0.0519 e. The van der Waals surface area contributed by atoms with Crippen LogP contribution in [0.1, 0.15) is 26.2 Å². The molecule has 0 saturated carbocycles. The molecule has 4 nitrogen and oxygen atoms in total. The average Bonchev–Trinajstić information content (AvgIpc) is 2.72. The maximum atomic E-state index is 9.34. The first-order valence-corrected chi connectivity index (χ1v) is 6.63. The standard InChI is InChI=1S/C13H25NO3/c1-12(10-15,11-16)8-14-5-2-13(9-14)3-6-17-7-4-13/h15-16H,2-11H2,1H3. The van der Waals surface area contributed by atoms with E-state index >= 15 is 0 Å². The summed E-state index contributed by atoms with van der Waals surface area (Å²) in [6.07, 6.45) is 3.57. The Bertz CT molecular complexity index is 247. The molecular formula is C13H25NO3. The Balaban J connectivity index is 1.89. The van der Waals surface area contributed by atoms with Crippen molar-refractivity contribution >= 4 is 0 Å². The van der Waals surface area contributed by atoms with E-state index in [4.69, 9.17) is 4.74 Å². The third-order valence-electron chi connectivity index (χ3n) is 4.44. The molecule has 2 aliphatic heterocycles. The summed E-state index contributed by atoms with van der Waals surface area (Å²) in [5.74, 6) is 0. The second-order valence-corrected chi connectivity index (χ2v) is 6.20. The summed E-state index contributed by atoms with van der Waals surface area (Å²) < 4.78 is 5.44. The molecule has 0 aromatic rings. The number of ether oxygens (including phenoxy) is 1. The second kappa shape index (κ2) is 5.22. The summed E-state index contributed by atoms with van der Waals surface area (Å²) in [5, 5.41) is 18.7. The normalized spacial score (nSPS) is 25.6. The van der Waals surface area contributed by atoms with E-state index in [0.29, 0.717) is 5.41 Å². The van der Waals surface area contributed by atoms with Gasteiger partial charge in [-0.3, -0.25) is 0 Å². The number of aliphatic hydroxyl groups is 2. The minimum atomic E-state index is -0.364. The van der Waals surface area contributed by atoms with E-state index in [-0.39, 0.29) is 18.6 Å². The number of likely N-dealkylation sites (tertiary alicyclic amines) is 1. The van der Waals surface area contributed by atoms with Crippen LogP contribution in [0.2, 0.25) is 0 Å². The summed E-state index contributed by atoms with van der Waals surface area (Å²) in [6, 6.07) is 0. The van der Waals surface area contributed by atoms with Gasteiger partial charge >= 0.3 is 0 Å². The Morgan fingerprint density at radius 1 is 1.18 bits per heavy atom. The number of aliphatic hydroxyl groups excluding tert-OH is 2. The summed E-state index contributed by atoms with van der Waals surface area (Å²) >= 11 is 0. The zero-order chi connectivity index (χ0) is 12.4. The molecule has 0 aliphatic carbocycles. The van der Waals surface area contributed by atoms with Crippen LogP contribution in [0.5, 0.6) is 0 Å². The quantitative estimate of drug-likeness (QED) is 0.754. The van der Waals surface area contributed by atoms with Crippen LogP contribution >= 0.6 is 0 Å².